The van der Waals surface area contributed by atoms with Gasteiger partial charge in [-0.15, -0.1) is 11.8 Å². The van der Waals surface area contributed by atoms with Crippen molar-refractivity contribution in [2.45, 2.75) is 11.4 Å². The van der Waals surface area contributed by atoms with Crippen molar-refractivity contribution in [2.75, 3.05) is 19.5 Å². The van der Waals surface area contributed by atoms with Gasteiger partial charge in [-0.2, -0.15) is 0 Å². The average molecular weight is 225 g/mol. The maximum atomic E-state index is 7.30. The largest absolute Gasteiger partial charge is 0.385 e. The van der Waals surface area contributed by atoms with Gasteiger partial charge in [0.05, 0.1) is 5.03 Å². The van der Waals surface area contributed by atoms with Crippen molar-refractivity contribution in [1.29, 1.82) is 5.41 Å². The quantitative estimate of drug-likeness (QED) is 0.333. The fourth-order valence-electron chi connectivity index (χ4n) is 1.04. The van der Waals surface area contributed by atoms with Crippen molar-refractivity contribution in [3.63, 3.8) is 0 Å². The van der Waals surface area contributed by atoms with Gasteiger partial charge in [0.25, 0.3) is 0 Å². The van der Waals surface area contributed by atoms with Crippen LogP contribution in [0.1, 0.15) is 12.0 Å². The number of aromatic nitrogens is 1. The van der Waals surface area contributed by atoms with E-state index in [-0.39, 0.29) is 5.84 Å². The minimum absolute atomic E-state index is 0.0798. The maximum absolute atomic E-state index is 7.30. The predicted molar refractivity (Wildman–Crippen MR) is 62.5 cm³/mol. The molecule has 5 heteroatoms. The first-order valence-corrected chi connectivity index (χ1v) is 5.65. The number of nitrogens with one attached hydrogen (secondary N) is 1. The van der Waals surface area contributed by atoms with Crippen molar-refractivity contribution in [2.24, 2.45) is 5.73 Å². The number of hydrogen-bond donors (Lipinski definition) is 2. The van der Waals surface area contributed by atoms with Crippen LogP contribution in [-0.4, -0.2) is 30.3 Å². The van der Waals surface area contributed by atoms with E-state index < -0.39 is 0 Å². The number of nitrogens with two attached hydrogens (primary N) is 1. The highest BCUT2D eigenvalue weighted by Crippen LogP contribution is 2.16. The first-order valence-electron chi connectivity index (χ1n) is 4.66. The summed E-state index contributed by atoms with van der Waals surface area (Å²) in [5, 5.41) is 8.20. The molecule has 1 aromatic rings. The number of rotatable bonds is 6. The lowest BCUT2D eigenvalue weighted by Crippen LogP contribution is -2.11. The van der Waals surface area contributed by atoms with Gasteiger partial charge in [-0.1, -0.05) is 0 Å². The van der Waals surface area contributed by atoms with E-state index in [1.807, 2.05) is 6.07 Å². The van der Waals surface area contributed by atoms with Crippen molar-refractivity contribution in [3.05, 3.63) is 23.9 Å². The van der Waals surface area contributed by atoms with Crippen LogP contribution in [0, 0.1) is 5.41 Å². The summed E-state index contributed by atoms with van der Waals surface area (Å²) < 4.78 is 4.95. The fraction of sp³-hybridized carbons (Fsp3) is 0.400. The van der Waals surface area contributed by atoms with Crippen molar-refractivity contribution >= 4 is 17.6 Å². The molecule has 0 radical (unpaired) electrons. The van der Waals surface area contributed by atoms with Crippen molar-refractivity contribution in [3.8, 4) is 0 Å². The average Bonchev–Trinajstić information content (AvgIpc) is 2.25. The zero-order valence-electron chi connectivity index (χ0n) is 8.69. The molecular weight excluding hydrogens is 210 g/mol. The predicted octanol–water partition coefficient (Wildman–Crippen LogP) is 1.49. The number of hydrogen-bond acceptors (Lipinski definition) is 4. The number of nitrogen functional groups attached to an aromatic ring is 1. The van der Waals surface area contributed by atoms with E-state index in [9.17, 15) is 0 Å². The molecule has 0 aliphatic heterocycles. The van der Waals surface area contributed by atoms with Crippen LogP contribution in [0.15, 0.2) is 23.4 Å². The van der Waals surface area contributed by atoms with Crippen molar-refractivity contribution < 1.29 is 4.74 Å². The SMILES string of the molecule is COCCCSc1cc(C(=N)N)ccn1. The Morgan fingerprint density at radius 3 is 3.13 bits per heavy atom. The molecule has 0 aliphatic carbocycles. The van der Waals surface area contributed by atoms with Crippen molar-refractivity contribution in [1.82, 2.24) is 4.98 Å². The Balaban J connectivity index is 2.47. The lowest BCUT2D eigenvalue weighted by Gasteiger charge is -2.02. The first kappa shape index (κ1) is 12.0. The third-order valence-corrected chi connectivity index (χ3v) is 2.80. The number of amidine groups is 1. The molecule has 0 spiro atoms. The summed E-state index contributed by atoms with van der Waals surface area (Å²) in [7, 11) is 1.69. The molecule has 4 nitrogen and oxygen atoms in total. The Bertz CT molecular complexity index is 330. The second-order valence-corrected chi connectivity index (χ2v) is 4.11. The van der Waals surface area contributed by atoms with Gasteiger partial charge in [-0.05, 0) is 18.6 Å². The summed E-state index contributed by atoms with van der Waals surface area (Å²) in [5.41, 5.74) is 6.11. The normalized spacial score (nSPS) is 10.2. The van der Waals surface area contributed by atoms with Gasteiger partial charge in [0, 0.05) is 31.2 Å². The van der Waals surface area contributed by atoms with Crippen LogP contribution >= 0.6 is 11.8 Å². The second kappa shape index (κ2) is 6.42. The fourth-order valence-corrected chi connectivity index (χ4v) is 1.85. The Hall–Kier alpha value is -1.07. The zero-order chi connectivity index (χ0) is 11.1. The first-order chi connectivity index (χ1) is 7.24. The summed E-state index contributed by atoms with van der Waals surface area (Å²) in [6.45, 7) is 0.763. The van der Waals surface area contributed by atoms with Gasteiger partial charge < -0.3 is 10.5 Å². The highest BCUT2D eigenvalue weighted by molar-refractivity contribution is 7.99. The van der Waals surface area contributed by atoms with E-state index in [1.54, 1.807) is 31.1 Å². The second-order valence-electron chi connectivity index (χ2n) is 2.99. The van der Waals surface area contributed by atoms with Gasteiger partial charge in [0.2, 0.25) is 0 Å². The van der Waals surface area contributed by atoms with Crippen LogP contribution in [0.4, 0.5) is 0 Å². The van der Waals surface area contributed by atoms with Gasteiger partial charge in [-0.3, -0.25) is 5.41 Å². The minimum atomic E-state index is 0.0798. The molecule has 0 unspecified atom stereocenters. The number of ether oxygens (including phenoxy) is 1. The molecule has 0 saturated heterocycles. The Morgan fingerprint density at radius 1 is 1.67 bits per heavy atom. The molecule has 1 heterocycles. The van der Waals surface area contributed by atoms with E-state index in [4.69, 9.17) is 15.9 Å². The number of thioether (sulfide) groups is 1. The van der Waals surface area contributed by atoms with Gasteiger partial charge in [0.15, 0.2) is 0 Å². The molecule has 0 aromatic carbocycles. The number of nitrogens with zero attached hydrogens (tertiary/aromatic N) is 1. The van der Waals surface area contributed by atoms with E-state index in [0.717, 1.165) is 29.4 Å². The molecule has 82 valence electrons. The lowest BCUT2D eigenvalue weighted by molar-refractivity contribution is 0.200. The highest BCUT2D eigenvalue weighted by Gasteiger charge is 2.00. The molecule has 0 atom stereocenters. The molecule has 15 heavy (non-hydrogen) atoms. The molecule has 0 fully saturated rings. The number of pyridine rings is 1. The third-order valence-electron chi connectivity index (χ3n) is 1.79. The summed E-state index contributed by atoms with van der Waals surface area (Å²) in [5.74, 6) is 1.04. The van der Waals surface area contributed by atoms with E-state index in [1.165, 1.54) is 0 Å². The molecule has 0 bridgehead atoms. The topological polar surface area (TPSA) is 72.0 Å². The lowest BCUT2D eigenvalue weighted by atomic mass is 10.2. The summed E-state index contributed by atoms with van der Waals surface area (Å²) >= 11 is 1.65. The molecule has 0 aliphatic rings. The van der Waals surface area contributed by atoms with Crippen LogP contribution in [0.2, 0.25) is 0 Å². The summed E-state index contributed by atoms with van der Waals surface area (Å²) in [4.78, 5) is 4.19. The molecule has 3 N–H and O–H groups in total. The van der Waals surface area contributed by atoms with Gasteiger partial charge in [0.1, 0.15) is 5.84 Å². The standard InChI is InChI=1S/C10H15N3OS/c1-14-5-2-6-15-9-7-8(10(11)12)3-4-13-9/h3-4,7H,2,5-6H2,1H3,(H3,11,12). The molecule has 1 aromatic heterocycles. The summed E-state index contributed by atoms with van der Waals surface area (Å²) in [6.07, 6.45) is 2.67. The van der Waals surface area contributed by atoms with E-state index >= 15 is 0 Å². The van der Waals surface area contributed by atoms with Crippen LogP contribution in [0.5, 0.6) is 0 Å². The molecule has 0 amide bonds. The molecule has 0 saturated carbocycles. The Morgan fingerprint density at radius 2 is 2.47 bits per heavy atom. The van der Waals surface area contributed by atoms with E-state index in [0.29, 0.717) is 0 Å². The Labute approximate surface area is 93.7 Å². The maximum Gasteiger partial charge on any atom is 0.122 e. The molecular formula is C10H15N3OS. The summed E-state index contributed by atoms with van der Waals surface area (Å²) in [6, 6.07) is 3.57. The van der Waals surface area contributed by atoms with Crippen LogP contribution in [0.3, 0.4) is 0 Å². The van der Waals surface area contributed by atoms with Crippen LogP contribution in [0.25, 0.3) is 0 Å². The third kappa shape index (κ3) is 4.31. The highest BCUT2D eigenvalue weighted by atomic mass is 32.2. The van der Waals surface area contributed by atoms with Crippen LogP contribution < -0.4 is 5.73 Å². The van der Waals surface area contributed by atoms with E-state index in [2.05, 4.69) is 4.98 Å². The number of methoxy groups -OCH3 is 1. The Kier molecular flexibility index (Phi) is 5.14. The van der Waals surface area contributed by atoms with Crippen LogP contribution in [-0.2, 0) is 4.74 Å². The minimum Gasteiger partial charge on any atom is -0.385 e. The zero-order valence-corrected chi connectivity index (χ0v) is 9.51. The van der Waals surface area contributed by atoms with Gasteiger partial charge >= 0.3 is 0 Å². The van der Waals surface area contributed by atoms with Gasteiger partial charge in [-0.25, -0.2) is 4.98 Å². The monoisotopic (exact) mass is 225 g/mol. The smallest absolute Gasteiger partial charge is 0.122 e. The molecule has 1 rings (SSSR count).